The molecule has 7 nitrogen and oxygen atoms in total. The lowest BCUT2D eigenvalue weighted by Crippen LogP contribution is -2.42. The number of hydrogen-bond acceptors (Lipinski definition) is 6. The SMILES string of the molecule is CCOC(=O)N1CCC(Nc2cc(NCCC3=CCCCC3)ncn2)CC1. The quantitative estimate of drug-likeness (QED) is 0.708. The van der Waals surface area contributed by atoms with E-state index in [1.165, 1.54) is 25.7 Å². The fraction of sp³-hybridized carbons (Fsp3) is 0.650. The first kappa shape index (κ1) is 19.5. The van der Waals surface area contributed by atoms with Crippen LogP contribution in [-0.2, 0) is 4.74 Å². The lowest BCUT2D eigenvalue weighted by Gasteiger charge is -2.31. The van der Waals surface area contributed by atoms with E-state index in [4.69, 9.17) is 4.74 Å². The average molecular weight is 374 g/mol. The van der Waals surface area contributed by atoms with Crippen molar-refractivity contribution in [2.45, 2.75) is 57.9 Å². The molecule has 2 aliphatic rings. The van der Waals surface area contributed by atoms with E-state index < -0.39 is 0 Å². The predicted molar refractivity (Wildman–Crippen MR) is 107 cm³/mol. The van der Waals surface area contributed by atoms with E-state index in [1.807, 2.05) is 13.0 Å². The molecule has 7 heteroatoms. The summed E-state index contributed by atoms with van der Waals surface area (Å²) in [4.78, 5) is 22.2. The standard InChI is InChI=1S/C20H31N5O2/c1-2-27-20(26)25-12-9-17(10-13-25)24-19-14-18(22-15-23-19)21-11-8-16-6-4-3-5-7-16/h6,14-15,17H,2-5,7-13H2,1H3,(H2,21,22,23,24). The number of aromatic nitrogens is 2. The molecule has 3 rings (SSSR count). The second-order valence-corrected chi connectivity index (χ2v) is 7.18. The van der Waals surface area contributed by atoms with Crippen LogP contribution in [0.5, 0.6) is 0 Å². The van der Waals surface area contributed by atoms with Crippen LogP contribution >= 0.6 is 0 Å². The van der Waals surface area contributed by atoms with Crippen molar-refractivity contribution >= 4 is 17.7 Å². The largest absolute Gasteiger partial charge is 0.450 e. The Morgan fingerprint density at radius 1 is 1.26 bits per heavy atom. The molecule has 0 unspecified atom stereocenters. The van der Waals surface area contributed by atoms with Gasteiger partial charge in [0.1, 0.15) is 18.0 Å². The Morgan fingerprint density at radius 2 is 2.07 bits per heavy atom. The molecule has 1 amide bonds. The Labute approximate surface area is 161 Å². The van der Waals surface area contributed by atoms with Gasteiger partial charge in [0.25, 0.3) is 0 Å². The first-order chi connectivity index (χ1) is 13.2. The molecule has 0 aromatic carbocycles. The lowest BCUT2D eigenvalue weighted by molar-refractivity contribution is 0.0983. The molecule has 2 heterocycles. The molecule has 0 atom stereocenters. The summed E-state index contributed by atoms with van der Waals surface area (Å²) in [5.74, 6) is 1.69. The molecule has 0 spiro atoms. The van der Waals surface area contributed by atoms with Crippen molar-refractivity contribution in [3.05, 3.63) is 24.0 Å². The molecule has 1 aromatic heterocycles. The van der Waals surface area contributed by atoms with Gasteiger partial charge in [-0.25, -0.2) is 14.8 Å². The molecular formula is C20H31N5O2. The monoisotopic (exact) mass is 373 g/mol. The number of rotatable bonds is 7. The van der Waals surface area contributed by atoms with Gasteiger partial charge < -0.3 is 20.3 Å². The summed E-state index contributed by atoms with van der Waals surface area (Å²) in [6.07, 6.45) is 11.8. The zero-order valence-electron chi connectivity index (χ0n) is 16.2. The van der Waals surface area contributed by atoms with Gasteiger partial charge >= 0.3 is 6.09 Å². The molecule has 0 radical (unpaired) electrons. The van der Waals surface area contributed by atoms with Gasteiger partial charge in [0.2, 0.25) is 0 Å². The van der Waals surface area contributed by atoms with Crippen molar-refractivity contribution in [1.82, 2.24) is 14.9 Å². The van der Waals surface area contributed by atoms with Crippen LogP contribution in [0.4, 0.5) is 16.4 Å². The average Bonchev–Trinajstić information content (AvgIpc) is 2.70. The Kier molecular flexibility index (Phi) is 7.30. The maximum atomic E-state index is 11.8. The highest BCUT2D eigenvalue weighted by atomic mass is 16.6. The molecule has 1 aromatic rings. The number of nitrogens with one attached hydrogen (secondary N) is 2. The molecule has 0 bridgehead atoms. The van der Waals surface area contributed by atoms with Crippen molar-refractivity contribution in [3.8, 4) is 0 Å². The number of nitrogens with zero attached hydrogens (tertiary/aromatic N) is 3. The molecule has 2 N–H and O–H groups in total. The molecule has 148 valence electrons. The fourth-order valence-electron chi connectivity index (χ4n) is 3.65. The van der Waals surface area contributed by atoms with Gasteiger partial charge in [-0.1, -0.05) is 11.6 Å². The summed E-state index contributed by atoms with van der Waals surface area (Å²) in [6, 6.07) is 2.28. The normalized spacial score (nSPS) is 18.0. The maximum Gasteiger partial charge on any atom is 0.409 e. The van der Waals surface area contributed by atoms with Gasteiger partial charge in [0, 0.05) is 31.7 Å². The summed E-state index contributed by atoms with van der Waals surface area (Å²) in [6.45, 7) is 4.58. The highest BCUT2D eigenvalue weighted by Crippen LogP contribution is 2.21. The fourth-order valence-corrected chi connectivity index (χ4v) is 3.65. The van der Waals surface area contributed by atoms with Crippen LogP contribution in [0.3, 0.4) is 0 Å². The first-order valence-electron chi connectivity index (χ1n) is 10.2. The number of carbonyl (C=O) groups excluding carboxylic acids is 1. The van der Waals surface area contributed by atoms with E-state index in [2.05, 4.69) is 26.7 Å². The number of hydrogen-bond donors (Lipinski definition) is 2. The minimum Gasteiger partial charge on any atom is -0.450 e. The van der Waals surface area contributed by atoms with Crippen molar-refractivity contribution in [1.29, 1.82) is 0 Å². The van der Waals surface area contributed by atoms with Gasteiger partial charge in [-0.2, -0.15) is 0 Å². The minimum absolute atomic E-state index is 0.211. The van der Waals surface area contributed by atoms with Crippen LogP contribution in [-0.4, -0.2) is 53.2 Å². The van der Waals surface area contributed by atoms with Gasteiger partial charge in [0.05, 0.1) is 6.61 Å². The highest BCUT2D eigenvalue weighted by molar-refractivity contribution is 5.67. The van der Waals surface area contributed by atoms with E-state index in [1.54, 1.807) is 16.8 Å². The third kappa shape index (κ3) is 6.12. The number of allylic oxidation sites excluding steroid dienone is 1. The molecule has 1 fully saturated rings. The van der Waals surface area contributed by atoms with E-state index in [0.717, 1.165) is 37.4 Å². The van der Waals surface area contributed by atoms with Crippen LogP contribution in [0, 0.1) is 0 Å². The summed E-state index contributed by atoms with van der Waals surface area (Å²) < 4.78 is 5.07. The predicted octanol–water partition coefficient (Wildman–Crippen LogP) is 3.81. The Bertz CT molecular complexity index is 641. The summed E-state index contributed by atoms with van der Waals surface area (Å²) in [5, 5.41) is 6.88. The van der Waals surface area contributed by atoms with Crippen molar-refractivity contribution in [2.24, 2.45) is 0 Å². The number of piperidine rings is 1. The van der Waals surface area contributed by atoms with Crippen LogP contribution in [0.25, 0.3) is 0 Å². The number of carbonyl (C=O) groups is 1. The third-order valence-electron chi connectivity index (χ3n) is 5.18. The Balaban J connectivity index is 1.42. The van der Waals surface area contributed by atoms with E-state index >= 15 is 0 Å². The number of likely N-dealkylation sites (tertiary alicyclic amines) is 1. The molecule has 27 heavy (non-hydrogen) atoms. The van der Waals surface area contributed by atoms with Crippen molar-refractivity contribution < 1.29 is 9.53 Å². The topological polar surface area (TPSA) is 79.4 Å². The van der Waals surface area contributed by atoms with E-state index in [0.29, 0.717) is 25.7 Å². The number of anilines is 2. The first-order valence-corrected chi connectivity index (χ1v) is 10.2. The zero-order valence-corrected chi connectivity index (χ0v) is 16.2. The second-order valence-electron chi connectivity index (χ2n) is 7.18. The van der Waals surface area contributed by atoms with Gasteiger partial charge in [-0.15, -0.1) is 0 Å². The molecule has 1 aliphatic carbocycles. The molecule has 1 saturated heterocycles. The second kappa shape index (κ2) is 10.1. The van der Waals surface area contributed by atoms with Crippen LogP contribution in [0.15, 0.2) is 24.0 Å². The van der Waals surface area contributed by atoms with Crippen LogP contribution in [0.1, 0.15) is 51.9 Å². The Morgan fingerprint density at radius 3 is 2.81 bits per heavy atom. The smallest absolute Gasteiger partial charge is 0.409 e. The minimum atomic E-state index is -0.211. The zero-order chi connectivity index (χ0) is 18.9. The highest BCUT2D eigenvalue weighted by Gasteiger charge is 2.23. The van der Waals surface area contributed by atoms with Crippen molar-refractivity contribution in [2.75, 3.05) is 36.9 Å². The van der Waals surface area contributed by atoms with Crippen molar-refractivity contribution in [3.63, 3.8) is 0 Å². The summed E-state index contributed by atoms with van der Waals surface area (Å²) >= 11 is 0. The lowest BCUT2D eigenvalue weighted by atomic mass is 9.97. The van der Waals surface area contributed by atoms with Crippen LogP contribution in [0.2, 0.25) is 0 Å². The Hall–Kier alpha value is -2.31. The maximum absolute atomic E-state index is 11.8. The van der Waals surface area contributed by atoms with E-state index in [9.17, 15) is 4.79 Å². The van der Waals surface area contributed by atoms with Gasteiger partial charge in [-0.05, 0) is 51.9 Å². The van der Waals surface area contributed by atoms with E-state index in [-0.39, 0.29) is 6.09 Å². The van der Waals surface area contributed by atoms with Gasteiger partial charge in [0.15, 0.2) is 0 Å². The third-order valence-corrected chi connectivity index (χ3v) is 5.18. The summed E-state index contributed by atoms with van der Waals surface area (Å²) in [5.41, 5.74) is 1.56. The molecular weight excluding hydrogens is 342 g/mol. The molecule has 1 aliphatic heterocycles. The van der Waals surface area contributed by atoms with Gasteiger partial charge in [-0.3, -0.25) is 0 Å². The summed E-state index contributed by atoms with van der Waals surface area (Å²) in [7, 11) is 0. The van der Waals surface area contributed by atoms with Crippen LogP contribution < -0.4 is 10.6 Å². The number of amides is 1. The number of ether oxygens (including phenoxy) is 1. The molecule has 0 saturated carbocycles.